The zero-order valence-corrected chi connectivity index (χ0v) is 10.5. The Morgan fingerprint density at radius 2 is 2.13 bits per heavy atom. The van der Waals surface area contributed by atoms with Crippen molar-refractivity contribution in [3.63, 3.8) is 0 Å². The average molecular weight is 268 g/mol. The van der Waals surface area contributed by atoms with E-state index in [1.807, 2.05) is 30.0 Å². The Bertz CT molecular complexity index is 397. The van der Waals surface area contributed by atoms with Crippen LogP contribution in [0, 0.1) is 12.8 Å². The third-order valence-electron chi connectivity index (χ3n) is 2.77. The fourth-order valence-electron chi connectivity index (χ4n) is 1.90. The molecule has 0 spiro atoms. The van der Waals surface area contributed by atoms with Gasteiger partial charge in [-0.25, -0.2) is 0 Å². The molecule has 0 bridgehead atoms. The van der Waals surface area contributed by atoms with Crippen molar-refractivity contribution < 1.29 is 4.79 Å². The van der Waals surface area contributed by atoms with E-state index in [9.17, 15) is 4.79 Å². The van der Waals surface area contributed by atoms with Crippen LogP contribution in [0.3, 0.4) is 0 Å². The third-order valence-corrected chi connectivity index (χ3v) is 3.26. The lowest BCUT2D eigenvalue weighted by Crippen LogP contribution is -2.48. The quantitative estimate of drug-likeness (QED) is 0.767. The first-order chi connectivity index (χ1) is 7.08. The van der Waals surface area contributed by atoms with Gasteiger partial charge in [0.25, 0.3) is 5.91 Å². The molecule has 15 heavy (non-hydrogen) atoms. The van der Waals surface area contributed by atoms with Crippen molar-refractivity contribution >= 4 is 21.8 Å². The van der Waals surface area contributed by atoms with E-state index in [0.717, 1.165) is 28.7 Å². The Morgan fingerprint density at radius 3 is 2.67 bits per heavy atom. The van der Waals surface area contributed by atoms with Crippen LogP contribution in [0.25, 0.3) is 0 Å². The molecule has 0 N–H and O–H groups in total. The van der Waals surface area contributed by atoms with Crippen LogP contribution in [0.4, 0.5) is 0 Å². The predicted molar refractivity (Wildman–Crippen MR) is 63.9 cm³/mol. The van der Waals surface area contributed by atoms with E-state index in [1.54, 1.807) is 0 Å². The summed E-state index contributed by atoms with van der Waals surface area (Å²) in [4.78, 5) is 13.9. The molecule has 1 amide bonds. The lowest BCUT2D eigenvalue weighted by atomic mass is 10.00. The van der Waals surface area contributed by atoms with Crippen LogP contribution >= 0.6 is 15.9 Å². The molecule has 1 aromatic rings. The van der Waals surface area contributed by atoms with Gasteiger partial charge in [0.1, 0.15) is 0 Å². The molecule has 1 heterocycles. The van der Waals surface area contributed by atoms with E-state index < -0.39 is 0 Å². The second kappa shape index (κ2) is 3.97. The molecule has 1 saturated heterocycles. The molecule has 1 aliphatic rings. The second-order valence-corrected chi connectivity index (χ2v) is 5.19. The standard InChI is InChI=1S/C12H14BrNO/c1-8-6-14(7-8)12(15)11-4-3-10(13)5-9(11)2/h3-5,8H,6-7H2,1-2H3. The average Bonchev–Trinajstić information content (AvgIpc) is 2.12. The molecule has 2 nitrogen and oxygen atoms in total. The Morgan fingerprint density at radius 1 is 1.47 bits per heavy atom. The molecule has 0 atom stereocenters. The van der Waals surface area contributed by atoms with Crippen molar-refractivity contribution in [1.82, 2.24) is 4.90 Å². The highest BCUT2D eigenvalue weighted by molar-refractivity contribution is 9.10. The lowest BCUT2D eigenvalue weighted by molar-refractivity contribution is 0.0529. The number of nitrogens with zero attached hydrogens (tertiary/aromatic N) is 1. The summed E-state index contributed by atoms with van der Waals surface area (Å²) in [6, 6.07) is 5.80. The van der Waals surface area contributed by atoms with Gasteiger partial charge < -0.3 is 4.90 Å². The summed E-state index contributed by atoms with van der Waals surface area (Å²) in [6.45, 7) is 5.93. The minimum atomic E-state index is 0.165. The monoisotopic (exact) mass is 267 g/mol. The predicted octanol–water partition coefficient (Wildman–Crippen LogP) is 2.85. The Balaban J connectivity index is 2.19. The molecule has 0 aromatic heterocycles. The molecule has 1 aliphatic heterocycles. The van der Waals surface area contributed by atoms with Gasteiger partial charge >= 0.3 is 0 Å². The lowest BCUT2D eigenvalue weighted by Gasteiger charge is -2.37. The van der Waals surface area contributed by atoms with Gasteiger partial charge in [0, 0.05) is 23.1 Å². The van der Waals surface area contributed by atoms with E-state index in [1.165, 1.54) is 0 Å². The largest absolute Gasteiger partial charge is 0.338 e. The number of benzene rings is 1. The molecule has 1 fully saturated rings. The smallest absolute Gasteiger partial charge is 0.254 e. The van der Waals surface area contributed by atoms with Gasteiger partial charge in [-0.15, -0.1) is 0 Å². The highest BCUT2D eigenvalue weighted by Gasteiger charge is 2.28. The summed E-state index contributed by atoms with van der Waals surface area (Å²) < 4.78 is 1.02. The van der Waals surface area contributed by atoms with Crippen LogP contribution in [0.1, 0.15) is 22.8 Å². The van der Waals surface area contributed by atoms with Crippen LogP contribution in [0.15, 0.2) is 22.7 Å². The first-order valence-electron chi connectivity index (χ1n) is 5.13. The molecular formula is C12H14BrNO. The molecular weight excluding hydrogens is 254 g/mol. The van der Waals surface area contributed by atoms with E-state index in [4.69, 9.17) is 0 Å². The highest BCUT2D eigenvalue weighted by atomic mass is 79.9. The van der Waals surface area contributed by atoms with E-state index in [-0.39, 0.29) is 5.91 Å². The minimum absolute atomic E-state index is 0.165. The zero-order chi connectivity index (χ0) is 11.0. The number of hydrogen-bond acceptors (Lipinski definition) is 1. The number of amides is 1. The summed E-state index contributed by atoms with van der Waals surface area (Å²) in [5, 5.41) is 0. The van der Waals surface area contributed by atoms with Gasteiger partial charge in [-0.05, 0) is 36.6 Å². The van der Waals surface area contributed by atoms with Crippen LogP contribution in [-0.2, 0) is 0 Å². The van der Waals surface area contributed by atoms with Crippen LogP contribution in [0.2, 0.25) is 0 Å². The molecule has 0 unspecified atom stereocenters. The maximum atomic E-state index is 12.0. The number of aryl methyl sites for hydroxylation is 1. The van der Waals surface area contributed by atoms with Crippen molar-refractivity contribution in [1.29, 1.82) is 0 Å². The maximum Gasteiger partial charge on any atom is 0.254 e. The molecule has 0 radical (unpaired) electrons. The van der Waals surface area contributed by atoms with Crippen molar-refractivity contribution in [3.8, 4) is 0 Å². The minimum Gasteiger partial charge on any atom is -0.338 e. The van der Waals surface area contributed by atoms with E-state index in [2.05, 4.69) is 22.9 Å². The summed E-state index contributed by atoms with van der Waals surface area (Å²) >= 11 is 3.40. The summed E-state index contributed by atoms with van der Waals surface area (Å²) in [7, 11) is 0. The summed E-state index contributed by atoms with van der Waals surface area (Å²) in [6.07, 6.45) is 0. The number of rotatable bonds is 1. The molecule has 0 saturated carbocycles. The molecule has 0 aliphatic carbocycles. The molecule has 3 heteroatoms. The first-order valence-corrected chi connectivity index (χ1v) is 5.92. The molecule has 2 rings (SSSR count). The van der Waals surface area contributed by atoms with Crippen molar-refractivity contribution in [2.24, 2.45) is 5.92 Å². The summed E-state index contributed by atoms with van der Waals surface area (Å²) in [5.74, 6) is 0.822. The Labute approximate surface area is 98.4 Å². The Kier molecular flexibility index (Phi) is 2.83. The highest BCUT2D eigenvalue weighted by Crippen LogP contribution is 2.21. The number of hydrogen-bond donors (Lipinski definition) is 0. The number of carbonyl (C=O) groups is 1. The van der Waals surface area contributed by atoms with Crippen molar-refractivity contribution in [3.05, 3.63) is 33.8 Å². The topological polar surface area (TPSA) is 20.3 Å². The van der Waals surface area contributed by atoms with Gasteiger partial charge in [0.2, 0.25) is 0 Å². The molecule has 80 valence electrons. The molecule has 1 aromatic carbocycles. The van der Waals surface area contributed by atoms with Gasteiger partial charge in [0.15, 0.2) is 0 Å². The van der Waals surface area contributed by atoms with Crippen LogP contribution in [0.5, 0.6) is 0 Å². The van der Waals surface area contributed by atoms with Crippen LogP contribution in [-0.4, -0.2) is 23.9 Å². The first kappa shape index (κ1) is 10.7. The summed E-state index contributed by atoms with van der Waals surface area (Å²) in [5.41, 5.74) is 1.86. The second-order valence-electron chi connectivity index (χ2n) is 4.27. The fraction of sp³-hybridized carbons (Fsp3) is 0.417. The zero-order valence-electron chi connectivity index (χ0n) is 8.96. The van der Waals surface area contributed by atoms with Gasteiger partial charge in [-0.1, -0.05) is 22.9 Å². The van der Waals surface area contributed by atoms with Gasteiger partial charge in [-0.3, -0.25) is 4.79 Å². The van der Waals surface area contributed by atoms with Crippen molar-refractivity contribution in [2.75, 3.05) is 13.1 Å². The van der Waals surface area contributed by atoms with E-state index in [0.29, 0.717) is 5.92 Å². The number of likely N-dealkylation sites (tertiary alicyclic amines) is 1. The number of halogens is 1. The third kappa shape index (κ3) is 2.07. The van der Waals surface area contributed by atoms with E-state index >= 15 is 0 Å². The normalized spacial score (nSPS) is 16.3. The Hall–Kier alpha value is -0.830. The SMILES string of the molecule is Cc1cc(Br)ccc1C(=O)N1CC(C)C1. The van der Waals surface area contributed by atoms with Gasteiger partial charge in [-0.2, -0.15) is 0 Å². The maximum absolute atomic E-state index is 12.0. The van der Waals surface area contributed by atoms with Crippen molar-refractivity contribution in [2.45, 2.75) is 13.8 Å². The van der Waals surface area contributed by atoms with Gasteiger partial charge in [0.05, 0.1) is 0 Å². The van der Waals surface area contributed by atoms with Crippen LogP contribution < -0.4 is 0 Å². The fourth-order valence-corrected chi connectivity index (χ4v) is 2.38. The number of carbonyl (C=O) groups excluding carboxylic acids is 1.